The summed E-state index contributed by atoms with van der Waals surface area (Å²) in [5.74, 6) is 0.471. The molecule has 1 unspecified atom stereocenters. The summed E-state index contributed by atoms with van der Waals surface area (Å²) in [6, 6.07) is 5.39. The fourth-order valence-electron chi connectivity index (χ4n) is 3.10. The summed E-state index contributed by atoms with van der Waals surface area (Å²) < 4.78 is 1.59. The molecule has 0 spiro atoms. The maximum absolute atomic E-state index is 11.9. The highest BCUT2D eigenvalue weighted by atomic mass is 16.2. The fraction of sp³-hybridized carbons (Fsp3) is 0.263. The van der Waals surface area contributed by atoms with Crippen LogP contribution in [0.5, 0.6) is 0 Å². The third-order valence-corrected chi connectivity index (χ3v) is 4.80. The van der Waals surface area contributed by atoms with Gasteiger partial charge in [0.25, 0.3) is 5.91 Å². The third kappa shape index (κ3) is 3.52. The summed E-state index contributed by atoms with van der Waals surface area (Å²) in [5.41, 5.74) is 2.09. The number of imide groups is 1. The standard InChI is InChI=1S/C19H19N9O2/c1-10(13-4-2-3-7-20-13)22-17-25-15-11(8-14-16(29)26-19(30)24-14)9-21-28(15)18(27-17)23-12-5-6-12/h2-4,7-10,12H,5-6H2,1H3,(H2,22,23,25,27)(H2,24,26,29,30). The molecule has 11 heteroatoms. The highest BCUT2D eigenvalue weighted by molar-refractivity contribution is 6.14. The van der Waals surface area contributed by atoms with Gasteiger partial charge in [-0.3, -0.25) is 15.1 Å². The van der Waals surface area contributed by atoms with Gasteiger partial charge in [-0.2, -0.15) is 19.6 Å². The first kappa shape index (κ1) is 18.0. The van der Waals surface area contributed by atoms with E-state index < -0.39 is 11.9 Å². The Morgan fingerprint density at radius 3 is 2.80 bits per heavy atom. The summed E-state index contributed by atoms with van der Waals surface area (Å²) >= 11 is 0. The first-order valence-corrected chi connectivity index (χ1v) is 9.60. The lowest BCUT2D eigenvalue weighted by atomic mass is 10.2. The van der Waals surface area contributed by atoms with E-state index in [4.69, 9.17) is 0 Å². The van der Waals surface area contributed by atoms with Crippen LogP contribution in [0.15, 0.2) is 36.3 Å². The lowest BCUT2D eigenvalue weighted by Gasteiger charge is -2.15. The molecule has 1 saturated heterocycles. The van der Waals surface area contributed by atoms with Crippen molar-refractivity contribution in [2.45, 2.75) is 31.8 Å². The van der Waals surface area contributed by atoms with Crippen LogP contribution in [0.2, 0.25) is 0 Å². The number of hydrogen-bond donors (Lipinski definition) is 4. The van der Waals surface area contributed by atoms with Crippen molar-refractivity contribution in [3.63, 3.8) is 0 Å². The fourth-order valence-corrected chi connectivity index (χ4v) is 3.10. The molecule has 4 heterocycles. The normalized spacial score (nSPS) is 18.4. The number of aromatic nitrogens is 5. The van der Waals surface area contributed by atoms with Crippen LogP contribution in [0, 0.1) is 0 Å². The molecular weight excluding hydrogens is 386 g/mol. The van der Waals surface area contributed by atoms with E-state index in [1.807, 2.05) is 25.1 Å². The summed E-state index contributed by atoms with van der Waals surface area (Å²) in [6.45, 7) is 1.97. The molecule has 3 amide bonds. The molecule has 1 saturated carbocycles. The molecule has 5 rings (SSSR count). The van der Waals surface area contributed by atoms with Crippen LogP contribution in [0.25, 0.3) is 11.7 Å². The van der Waals surface area contributed by atoms with Gasteiger partial charge in [0.15, 0.2) is 5.65 Å². The molecule has 4 N–H and O–H groups in total. The summed E-state index contributed by atoms with van der Waals surface area (Å²) in [7, 11) is 0. The van der Waals surface area contributed by atoms with Crippen molar-refractivity contribution < 1.29 is 9.59 Å². The molecule has 0 bridgehead atoms. The molecule has 1 aliphatic heterocycles. The highest BCUT2D eigenvalue weighted by Gasteiger charge is 2.26. The van der Waals surface area contributed by atoms with E-state index in [-0.39, 0.29) is 11.7 Å². The van der Waals surface area contributed by atoms with E-state index in [9.17, 15) is 9.59 Å². The van der Waals surface area contributed by atoms with E-state index in [2.05, 4.69) is 41.3 Å². The van der Waals surface area contributed by atoms with Crippen molar-refractivity contribution in [1.29, 1.82) is 0 Å². The van der Waals surface area contributed by atoms with Crippen LogP contribution in [0.1, 0.15) is 37.1 Å². The molecule has 3 aromatic rings. The lowest BCUT2D eigenvalue weighted by molar-refractivity contribution is -0.115. The van der Waals surface area contributed by atoms with Crippen molar-refractivity contribution >= 4 is 35.6 Å². The van der Waals surface area contributed by atoms with E-state index in [1.54, 1.807) is 23.0 Å². The van der Waals surface area contributed by atoms with Gasteiger partial charge in [-0.05, 0) is 38.0 Å². The van der Waals surface area contributed by atoms with Crippen molar-refractivity contribution in [3.8, 4) is 0 Å². The number of urea groups is 1. The molecule has 0 radical (unpaired) electrons. The van der Waals surface area contributed by atoms with Gasteiger partial charge < -0.3 is 16.0 Å². The van der Waals surface area contributed by atoms with Gasteiger partial charge in [0.1, 0.15) is 5.70 Å². The van der Waals surface area contributed by atoms with Gasteiger partial charge in [0.05, 0.1) is 17.9 Å². The zero-order valence-electron chi connectivity index (χ0n) is 16.1. The Morgan fingerprint density at radius 2 is 2.10 bits per heavy atom. The monoisotopic (exact) mass is 405 g/mol. The van der Waals surface area contributed by atoms with Gasteiger partial charge in [-0.25, -0.2) is 4.79 Å². The Balaban J connectivity index is 1.53. The molecular formula is C19H19N9O2. The number of carbonyl (C=O) groups is 2. The number of rotatable bonds is 6. The van der Waals surface area contributed by atoms with Crippen LogP contribution in [0.4, 0.5) is 16.7 Å². The molecule has 1 aliphatic carbocycles. The van der Waals surface area contributed by atoms with Gasteiger partial charge in [0, 0.05) is 17.8 Å². The second kappa shape index (κ2) is 7.10. The molecule has 2 aliphatic rings. The second-order valence-corrected chi connectivity index (χ2v) is 7.21. The maximum Gasteiger partial charge on any atom is 0.326 e. The Bertz CT molecular complexity index is 1170. The van der Waals surface area contributed by atoms with Gasteiger partial charge >= 0.3 is 6.03 Å². The van der Waals surface area contributed by atoms with E-state index >= 15 is 0 Å². The van der Waals surface area contributed by atoms with Crippen LogP contribution in [0.3, 0.4) is 0 Å². The van der Waals surface area contributed by atoms with Crippen molar-refractivity contribution in [1.82, 2.24) is 35.2 Å². The van der Waals surface area contributed by atoms with Crippen molar-refractivity contribution in [3.05, 3.63) is 47.5 Å². The highest BCUT2D eigenvalue weighted by Crippen LogP contribution is 2.26. The van der Waals surface area contributed by atoms with E-state index in [0.717, 1.165) is 18.5 Å². The Labute approximate surface area is 171 Å². The zero-order valence-corrected chi connectivity index (χ0v) is 16.1. The largest absolute Gasteiger partial charge is 0.351 e. The lowest BCUT2D eigenvalue weighted by Crippen LogP contribution is -2.22. The smallest absolute Gasteiger partial charge is 0.326 e. The molecule has 11 nitrogen and oxygen atoms in total. The van der Waals surface area contributed by atoms with Crippen molar-refractivity contribution in [2.75, 3.05) is 10.6 Å². The second-order valence-electron chi connectivity index (χ2n) is 7.21. The molecule has 2 fully saturated rings. The first-order chi connectivity index (χ1) is 14.6. The molecule has 30 heavy (non-hydrogen) atoms. The molecule has 152 valence electrons. The minimum atomic E-state index is -0.556. The van der Waals surface area contributed by atoms with Gasteiger partial charge in [-0.15, -0.1) is 0 Å². The molecule has 3 aromatic heterocycles. The minimum absolute atomic E-state index is 0.118. The maximum atomic E-state index is 11.9. The average Bonchev–Trinajstić information content (AvgIpc) is 3.37. The topological polar surface area (TPSA) is 138 Å². The summed E-state index contributed by atoms with van der Waals surface area (Å²) in [4.78, 5) is 36.8. The summed E-state index contributed by atoms with van der Waals surface area (Å²) in [5, 5.41) is 15.7. The number of pyridine rings is 1. The Hall–Kier alpha value is -4.02. The van der Waals surface area contributed by atoms with Crippen LogP contribution in [-0.2, 0) is 4.79 Å². The quantitative estimate of drug-likeness (QED) is 0.357. The number of amides is 3. The van der Waals surface area contributed by atoms with Crippen LogP contribution >= 0.6 is 0 Å². The Morgan fingerprint density at radius 1 is 1.23 bits per heavy atom. The number of anilines is 2. The first-order valence-electron chi connectivity index (χ1n) is 9.60. The van der Waals surface area contributed by atoms with Gasteiger partial charge in [0.2, 0.25) is 11.9 Å². The third-order valence-electron chi connectivity index (χ3n) is 4.80. The average molecular weight is 405 g/mol. The predicted octanol–water partition coefficient (Wildman–Crippen LogP) is 1.45. The Kier molecular flexibility index (Phi) is 4.27. The molecule has 1 atom stereocenters. The van der Waals surface area contributed by atoms with E-state index in [1.165, 1.54) is 0 Å². The number of hydrogen-bond acceptors (Lipinski definition) is 8. The number of fused-ring (bicyclic) bond motifs is 1. The molecule has 0 aromatic carbocycles. The van der Waals surface area contributed by atoms with Crippen LogP contribution in [-0.4, -0.2) is 42.5 Å². The van der Waals surface area contributed by atoms with E-state index in [0.29, 0.717) is 29.1 Å². The summed E-state index contributed by atoms with van der Waals surface area (Å²) in [6.07, 6.45) is 7.01. The van der Waals surface area contributed by atoms with Gasteiger partial charge in [-0.1, -0.05) is 6.07 Å². The SMILES string of the molecule is CC(Nc1nc(NC2CC2)n2ncc(C=C3NC(=O)NC3=O)c2n1)c1ccccn1. The van der Waals surface area contributed by atoms with Crippen LogP contribution < -0.4 is 21.3 Å². The number of carbonyl (C=O) groups excluding carboxylic acids is 2. The number of nitrogens with one attached hydrogen (secondary N) is 4. The predicted molar refractivity (Wildman–Crippen MR) is 108 cm³/mol. The van der Waals surface area contributed by atoms with Crippen molar-refractivity contribution in [2.24, 2.45) is 0 Å². The number of nitrogens with zero attached hydrogens (tertiary/aromatic N) is 5. The zero-order chi connectivity index (χ0) is 20.7. The minimum Gasteiger partial charge on any atom is -0.351 e.